The number of thiophene rings is 1. The van der Waals surface area contributed by atoms with Gasteiger partial charge in [-0.3, -0.25) is 4.98 Å². The second-order valence-corrected chi connectivity index (χ2v) is 13.4. The minimum atomic E-state index is 0.629. The molecule has 50 heavy (non-hydrogen) atoms. The molecule has 0 saturated carbocycles. The lowest BCUT2D eigenvalue weighted by molar-refractivity contribution is 1.07. The first kappa shape index (κ1) is 29.8. The molecule has 0 aliphatic carbocycles. The lowest BCUT2D eigenvalue weighted by Gasteiger charge is -2.13. The molecular weight excluding hydrogens is 629 g/mol. The molecule has 0 amide bonds. The van der Waals surface area contributed by atoms with Crippen LogP contribution in [-0.4, -0.2) is 19.9 Å². The van der Waals surface area contributed by atoms with E-state index < -0.39 is 0 Å². The number of hydrogen-bond acceptors (Lipinski definition) is 5. The fourth-order valence-electron chi connectivity index (χ4n) is 6.90. The number of rotatable bonds is 6. The van der Waals surface area contributed by atoms with Gasteiger partial charge in [0.2, 0.25) is 0 Å². The SMILES string of the molecule is C=Cc1c(/C=C\C)sc2cc3c4ccccc4c4cc(-c5nc(-c6ccccc6)nc(-c6ccc(-c7cccnc7)cc6)n5)ccc4c3cc12. The van der Waals surface area contributed by atoms with Crippen molar-refractivity contribution in [1.82, 2.24) is 19.9 Å². The highest BCUT2D eigenvalue weighted by molar-refractivity contribution is 7.20. The van der Waals surface area contributed by atoms with Crippen molar-refractivity contribution in [2.75, 3.05) is 0 Å². The Balaban J connectivity index is 1.25. The van der Waals surface area contributed by atoms with Crippen LogP contribution < -0.4 is 0 Å². The minimum absolute atomic E-state index is 0.629. The average molecular weight is 659 g/mol. The molecule has 4 nitrogen and oxygen atoms in total. The number of hydrogen-bond donors (Lipinski definition) is 0. The van der Waals surface area contributed by atoms with E-state index in [0.29, 0.717) is 17.5 Å². The molecule has 236 valence electrons. The molecule has 0 aliphatic heterocycles. The first-order valence-corrected chi connectivity index (χ1v) is 17.4. The first-order chi connectivity index (χ1) is 24.7. The van der Waals surface area contributed by atoms with Gasteiger partial charge in [-0.05, 0) is 86.3 Å². The van der Waals surface area contributed by atoms with Gasteiger partial charge >= 0.3 is 0 Å². The molecule has 6 aromatic carbocycles. The van der Waals surface area contributed by atoms with E-state index in [-0.39, 0.29) is 0 Å². The van der Waals surface area contributed by atoms with Gasteiger partial charge in [0.15, 0.2) is 17.5 Å². The third-order valence-electron chi connectivity index (χ3n) is 9.30. The summed E-state index contributed by atoms with van der Waals surface area (Å²) in [6, 6.07) is 42.5. The van der Waals surface area contributed by atoms with Gasteiger partial charge in [-0.1, -0.05) is 116 Å². The monoisotopic (exact) mass is 658 g/mol. The summed E-state index contributed by atoms with van der Waals surface area (Å²) in [5.74, 6) is 1.90. The molecule has 0 radical (unpaired) electrons. The maximum atomic E-state index is 5.08. The minimum Gasteiger partial charge on any atom is -0.264 e. The van der Waals surface area contributed by atoms with Crippen molar-refractivity contribution in [3.05, 3.63) is 157 Å². The van der Waals surface area contributed by atoms with Crippen molar-refractivity contribution in [1.29, 1.82) is 0 Å². The summed E-state index contributed by atoms with van der Waals surface area (Å²) < 4.78 is 1.27. The van der Waals surface area contributed by atoms with Crippen molar-refractivity contribution in [2.24, 2.45) is 0 Å². The van der Waals surface area contributed by atoms with Crippen LogP contribution in [0.25, 0.3) is 99.8 Å². The fraction of sp³-hybridized carbons (Fsp3) is 0.0222. The van der Waals surface area contributed by atoms with Gasteiger partial charge in [-0.25, -0.2) is 15.0 Å². The summed E-state index contributed by atoms with van der Waals surface area (Å²) in [4.78, 5) is 20.6. The third-order valence-corrected chi connectivity index (χ3v) is 10.4. The highest BCUT2D eigenvalue weighted by Gasteiger charge is 2.17. The summed E-state index contributed by atoms with van der Waals surface area (Å²) in [7, 11) is 0. The van der Waals surface area contributed by atoms with E-state index in [1.165, 1.54) is 47.5 Å². The van der Waals surface area contributed by atoms with Gasteiger partial charge in [0.25, 0.3) is 0 Å². The lowest BCUT2D eigenvalue weighted by Crippen LogP contribution is -2.00. The highest BCUT2D eigenvalue weighted by Crippen LogP contribution is 2.42. The lowest BCUT2D eigenvalue weighted by atomic mass is 9.92. The number of allylic oxidation sites excluding steroid dienone is 1. The average Bonchev–Trinajstić information content (AvgIpc) is 3.53. The van der Waals surface area contributed by atoms with Crippen molar-refractivity contribution in [2.45, 2.75) is 6.92 Å². The summed E-state index contributed by atoms with van der Waals surface area (Å²) in [6.07, 6.45) is 9.91. The Bertz CT molecular complexity index is 2770. The van der Waals surface area contributed by atoms with E-state index in [0.717, 1.165) is 33.2 Å². The quantitative estimate of drug-likeness (QED) is 0.167. The first-order valence-electron chi connectivity index (χ1n) is 16.6. The Morgan fingerprint density at radius 1 is 0.520 bits per heavy atom. The zero-order valence-electron chi connectivity index (χ0n) is 27.3. The Morgan fingerprint density at radius 2 is 1.10 bits per heavy atom. The Morgan fingerprint density at radius 3 is 1.78 bits per heavy atom. The Hall–Kier alpha value is -6.30. The number of aromatic nitrogens is 4. The van der Waals surface area contributed by atoms with Crippen LogP contribution in [0.5, 0.6) is 0 Å². The van der Waals surface area contributed by atoms with Gasteiger partial charge in [-0.2, -0.15) is 0 Å². The number of pyridine rings is 1. The van der Waals surface area contributed by atoms with Crippen LogP contribution in [-0.2, 0) is 0 Å². The van der Waals surface area contributed by atoms with Gasteiger partial charge < -0.3 is 0 Å². The molecule has 3 heterocycles. The van der Waals surface area contributed by atoms with Gasteiger partial charge in [-0.15, -0.1) is 11.3 Å². The molecule has 9 aromatic rings. The van der Waals surface area contributed by atoms with Crippen LogP contribution in [0.2, 0.25) is 0 Å². The van der Waals surface area contributed by atoms with Crippen LogP contribution in [0.15, 0.2) is 146 Å². The van der Waals surface area contributed by atoms with E-state index in [1.54, 1.807) is 6.20 Å². The molecule has 0 spiro atoms. The summed E-state index contributed by atoms with van der Waals surface area (Å²) in [6.45, 7) is 6.22. The summed E-state index contributed by atoms with van der Waals surface area (Å²) >= 11 is 1.82. The fourth-order valence-corrected chi connectivity index (χ4v) is 8.10. The number of benzene rings is 6. The molecule has 0 saturated heterocycles. The molecule has 0 atom stereocenters. The molecule has 0 aliphatic rings. The Labute approximate surface area is 293 Å². The Kier molecular flexibility index (Phi) is 7.33. The maximum Gasteiger partial charge on any atom is 0.164 e. The topological polar surface area (TPSA) is 51.6 Å². The molecule has 0 N–H and O–H groups in total. The molecule has 0 bridgehead atoms. The van der Waals surface area contributed by atoms with Crippen LogP contribution in [0.3, 0.4) is 0 Å². The normalized spacial score (nSPS) is 11.7. The van der Waals surface area contributed by atoms with Crippen molar-refractivity contribution < 1.29 is 0 Å². The van der Waals surface area contributed by atoms with Crippen LogP contribution in [0, 0.1) is 0 Å². The zero-order chi connectivity index (χ0) is 33.6. The third kappa shape index (κ3) is 5.07. The number of fused-ring (bicyclic) bond motifs is 7. The zero-order valence-corrected chi connectivity index (χ0v) is 28.2. The standard InChI is InChI=1S/C45H30N4S/c1-3-11-41-33(4-2)40-25-38-36-22-21-31(24-37(36)34-15-8-9-16-35(34)39(38)26-42(40)50-41)45-48-43(29-12-6-5-7-13-29)47-44(49-45)30-19-17-28(18-20-30)32-14-10-23-46-27-32/h3-27H,2H2,1H3/b11-3-. The van der Waals surface area contributed by atoms with E-state index in [1.807, 2.05) is 60.0 Å². The van der Waals surface area contributed by atoms with Crippen molar-refractivity contribution >= 4 is 65.9 Å². The predicted molar refractivity (Wildman–Crippen MR) is 212 cm³/mol. The molecule has 9 rings (SSSR count). The van der Waals surface area contributed by atoms with Gasteiger partial charge in [0, 0.05) is 44.0 Å². The molecule has 3 aromatic heterocycles. The maximum absolute atomic E-state index is 5.08. The van der Waals surface area contributed by atoms with E-state index in [2.05, 4.69) is 116 Å². The highest BCUT2D eigenvalue weighted by atomic mass is 32.1. The molecular formula is C45H30N4S. The van der Waals surface area contributed by atoms with E-state index in [9.17, 15) is 0 Å². The smallest absolute Gasteiger partial charge is 0.164 e. The molecule has 5 heteroatoms. The van der Waals surface area contributed by atoms with Crippen LogP contribution in [0.1, 0.15) is 17.4 Å². The predicted octanol–water partition coefficient (Wildman–Crippen LogP) is 12.3. The van der Waals surface area contributed by atoms with Gasteiger partial charge in [0.05, 0.1) is 0 Å². The summed E-state index contributed by atoms with van der Waals surface area (Å²) in [5.41, 5.74) is 6.14. The summed E-state index contributed by atoms with van der Waals surface area (Å²) in [5, 5.41) is 8.50. The van der Waals surface area contributed by atoms with Crippen molar-refractivity contribution in [3.8, 4) is 45.3 Å². The van der Waals surface area contributed by atoms with E-state index >= 15 is 0 Å². The van der Waals surface area contributed by atoms with Gasteiger partial charge in [0.1, 0.15) is 0 Å². The molecule has 0 fully saturated rings. The molecule has 0 unspecified atom stereocenters. The number of nitrogens with zero attached hydrogens (tertiary/aromatic N) is 4. The second kappa shape index (κ2) is 12.3. The largest absolute Gasteiger partial charge is 0.264 e. The van der Waals surface area contributed by atoms with Crippen LogP contribution >= 0.6 is 11.3 Å². The van der Waals surface area contributed by atoms with Crippen LogP contribution in [0.4, 0.5) is 0 Å². The van der Waals surface area contributed by atoms with Crippen molar-refractivity contribution in [3.63, 3.8) is 0 Å². The van der Waals surface area contributed by atoms with E-state index in [4.69, 9.17) is 15.0 Å². The second-order valence-electron chi connectivity index (χ2n) is 12.3.